The van der Waals surface area contributed by atoms with Gasteiger partial charge < -0.3 is 5.11 Å². The summed E-state index contributed by atoms with van der Waals surface area (Å²) in [5, 5.41) is 9.24. The zero-order valence-corrected chi connectivity index (χ0v) is 13.5. The highest BCUT2D eigenvalue weighted by Gasteiger charge is 2.30. The lowest BCUT2D eigenvalue weighted by molar-refractivity contribution is -0.142. The molecule has 6 heteroatoms. The van der Waals surface area contributed by atoms with Gasteiger partial charge in [-0.05, 0) is 37.6 Å². The normalized spacial score (nSPS) is 18.5. The van der Waals surface area contributed by atoms with Gasteiger partial charge in [-0.25, -0.2) is 9.97 Å². The van der Waals surface area contributed by atoms with Crippen molar-refractivity contribution < 1.29 is 9.90 Å². The number of hydrogen-bond acceptors (Lipinski definition) is 4. The molecule has 1 atom stereocenters. The van der Waals surface area contributed by atoms with Crippen molar-refractivity contribution in [1.82, 2.24) is 14.9 Å². The highest BCUT2D eigenvalue weighted by Crippen LogP contribution is 2.21. The number of carboxylic acid groups (broad SMARTS) is 1. The molecule has 2 heterocycles. The highest BCUT2D eigenvalue weighted by atomic mass is 79.9. The van der Waals surface area contributed by atoms with E-state index in [4.69, 9.17) is 0 Å². The Balaban J connectivity index is 1.79. The molecular weight excluding hydrogens is 346 g/mol. The van der Waals surface area contributed by atoms with Crippen LogP contribution in [-0.4, -0.2) is 38.5 Å². The van der Waals surface area contributed by atoms with Crippen LogP contribution in [0.15, 0.2) is 41.0 Å². The number of aromatic nitrogens is 2. The zero-order chi connectivity index (χ0) is 15.5. The van der Waals surface area contributed by atoms with Gasteiger partial charge in [0, 0.05) is 22.8 Å². The minimum absolute atomic E-state index is 0.397. The molecule has 0 aliphatic carbocycles. The molecule has 1 fully saturated rings. The second kappa shape index (κ2) is 6.54. The molecule has 1 N–H and O–H groups in total. The summed E-state index contributed by atoms with van der Waals surface area (Å²) < 4.78 is 1.01. The zero-order valence-electron chi connectivity index (χ0n) is 11.9. The van der Waals surface area contributed by atoms with Crippen molar-refractivity contribution >= 4 is 21.9 Å². The van der Waals surface area contributed by atoms with Crippen LogP contribution < -0.4 is 0 Å². The fourth-order valence-electron chi connectivity index (χ4n) is 2.73. The molecule has 3 rings (SSSR count). The summed E-state index contributed by atoms with van der Waals surface area (Å²) in [6.07, 6.45) is 3.35. The van der Waals surface area contributed by atoms with Gasteiger partial charge in [0.15, 0.2) is 5.82 Å². The summed E-state index contributed by atoms with van der Waals surface area (Å²) in [6, 6.07) is 9.27. The first-order valence-corrected chi connectivity index (χ1v) is 7.97. The van der Waals surface area contributed by atoms with Gasteiger partial charge in [-0.1, -0.05) is 28.1 Å². The van der Waals surface area contributed by atoms with Crippen LogP contribution in [0.25, 0.3) is 11.4 Å². The number of nitrogens with zero attached hydrogens (tertiary/aromatic N) is 3. The molecule has 0 spiro atoms. The van der Waals surface area contributed by atoms with E-state index in [9.17, 15) is 9.90 Å². The molecule has 22 heavy (non-hydrogen) atoms. The lowest BCUT2D eigenvalue weighted by Crippen LogP contribution is -2.35. The number of halogens is 1. The van der Waals surface area contributed by atoms with Gasteiger partial charge in [0.1, 0.15) is 6.04 Å². The molecular formula is C16H16BrN3O2. The summed E-state index contributed by atoms with van der Waals surface area (Å²) >= 11 is 3.41. The first-order valence-electron chi connectivity index (χ1n) is 7.18. The Hall–Kier alpha value is -1.79. The molecule has 1 aliphatic heterocycles. The quantitative estimate of drug-likeness (QED) is 0.906. The van der Waals surface area contributed by atoms with Crippen LogP contribution in [0.4, 0.5) is 0 Å². The Kier molecular flexibility index (Phi) is 4.49. The van der Waals surface area contributed by atoms with Crippen molar-refractivity contribution in [2.75, 3.05) is 6.54 Å². The van der Waals surface area contributed by atoms with E-state index in [1.54, 1.807) is 6.20 Å². The Morgan fingerprint density at radius 3 is 2.82 bits per heavy atom. The molecule has 0 saturated carbocycles. The van der Waals surface area contributed by atoms with Gasteiger partial charge in [-0.2, -0.15) is 0 Å². The molecule has 1 aliphatic rings. The van der Waals surface area contributed by atoms with Crippen LogP contribution in [0.2, 0.25) is 0 Å². The molecule has 1 unspecified atom stereocenters. The molecule has 0 bridgehead atoms. The number of carbonyl (C=O) groups is 1. The average Bonchev–Trinajstić information content (AvgIpc) is 2.96. The van der Waals surface area contributed by atoms with E-state index in [0.717, 1.165) is 28.7 Å². The molecule has 1 aromatic carbocycles. The van der Waals surface area contributed by atoms with Gasteiger partial charge in [-0.15, -0.1) is 0 Å². The number of likely N-dealkylation sites (tertiary alicyclic amines) is 1. The fraction of sp³-hybridized carbons (Fsp3) is 0.312. The molecule has 1 aromatic heterocycles. The molecule has 0 amide bonds. The number of rotatable bonds is 4. The van der Waals surface area contributed by atoms with E-state index in [1.807, 2.05) is 35.2 Å². The van der Waals surface area contributed by atoms with Crippen LogP contribution >= 0.6 is 15.9 Å². The average molecular weight is 362 g/mol. The predicted octanol–water partition coefficient (Wildman–Crippen LogP) is 2.96. The maximum atomic E-state index is 11.2. The molecule has 2 aromatic rings. The van der Waals surface area contributed by atoms with Crippen LogP contribution in [0.3, 0.4) is 0 Å². The molecule has 0 radical (unpaired) electrons. The van der Waals surface area contributed by atoms with E-state index in [1.165, 1.54) is 0 Å². The second-order valence-corrected chi connectivity index (χ2v) is 6.26. The first-order chi connectivity index (χ1) is 10.6. The smallest absolute Gasteiger partial charge is 0.320 e. The SMILES string of the molecule is O=C(O)C1CCCN1Cc1ccnc(-c2ccc(Br)cc2)n1. The fourth-order valence-corrected chi connectivity index (χ4v) is 2.99. The third kappa shape index (κ3) is 3.34. The Labute approximate surface area is 137 Å². The summed E-state index contributed by atoms with van der Waals surface area (Å²) in [5.74, 6) is -0.0873. The van der Waals surface area contributed by atoms with Crippen LogP contribution in [-0.2, 0) is 11.3 Å². The van der Waals surface area contributed by atoms with Gasteiger partial charge in [-0.3, -0.25) is 9.69 Å². The van der Waals surface area contributed by atoms with Crippen molar-refractivity contribution in [2.24, 2.45) is 0 Å². The molecule has 114 valence electrons. The number of benzene rings is 1. The number of carboxylic acids is 1. The number of hydrogen-bond donors (Lipinski definition) is 1. The lowest BCUT2D eigenvalue weighted by atomic mass is 10.2. The Morgan fingerprint density at radius 1 is 1.32 bits per heavy atom. The predicted molar refractivity (Wildman–Crippen MR) is 86.2 cm³/mol. The maximum Gasteiger partial charge on any atom is 0.320 e. The van der Waals surface area contributed by atoms with E-state index >= 15 is 0 Å². The van der Waals surface area contributed by atoms with E-state index < -0.39 is 12.0 Å². The van der Waals surface area contributed by atoms with Crippen molar-refractivity contribution in [1.29, 1.82) is 0 Å². The van der Waals surface area contributed by atoms with Crippen molar-refractivity contribution in [3.8, 4) is 11.4 Å². The highest BCUT2D eigenvalue weighted by molar-refractivity contribution is 9.10. The van der Waals surface area contributed by atoms with E-state index in [2.05, 4.69) is 25.9 Å². The molecule has 1 saturated heterocycles. The summed E-state index contributed by atoms with van der Waals surface area (Å²) in [7, 11) is 0. The van der Waals surface area contributed by atoms with Gasteiger partial charge in [0.2, 0.25) is 0 Å². The summed E-state index contributed by atoms with van der Waals surface area (Å²) in [6.45, 7) is 1.34. The molecule has 5 nitrogen and oxygen atoms in total. The van der Waals surface area contributed by atoms with Crippen molar-refractivity contribution in [2.45, 2.75) is 25.4 Å². The summed E-state index contributed by atoms with van der Waals surface area (Å²) in [5.41, 5.74) is 1.79. The Morgan fingerprint density at radius 2 is 2.09 bits per heavy atom. The first kappa shape index (κ1) is 15.1. The Bertz CT molecular complexity index is 675. The number of aliphatic carboxylic acids is 1. The van der Waals surface area contributed by atoms with Crippen LogP contribution in [0.1, 0.15) is 18.5 Å². The lowest BCUT2D eigenvalue weighted by Gasteiger charge is -2.20. The topological polar surface area (TPSA) is 66.3 Å². The second-order valence-electron chi connectivity index (χ2n) is 5.35. The standard InChI is InChI=1S/C16H16BrN3O2/c17-12-5-3-11(4-6-12)15-18-8-7-13(19-15)10-20-9-1-2-14(20)16(21)22/h3-8,14H,1-2,9-10H2,(H,21,22). The monoisotopic (exact) mass is 361 g/mol. The maximum absolute atomic E-state index is 11.2. The van der Waals surface area contributed by atoms with Crippen molar-refractivity contribution in [3.05, 3.63) is 46.7 Å². The van der Waals surface area contributed by atoms with Gasteiger partial charge in [0.25, 0.3) is 0 Å². The summed E-state index contributed by atoms with van der Waals surface area (Å²) in [4.78, 5) is 22.1. The van der Waals surface area contributed by atoms with Gasteiger partial charge in [0.05, 0.1) is 5.69 Å². The minimum Gasteiger partial charge on any atom is -0.480 e. The van der Waals surface area contributed by atoms with Crippen LogP contribution in [0.5, 0.6) is 0 Å². The third-order valence-corrected chi connectivity index (χ3v) is 4.36. The van der Waals surface area contributed by atoms with E-state index in [0.29, 0.717) is 18.8 Å². The van der Waals surface area contributed by atoms with E-state index in [-0.39, 0.29) is 0 Å². The minimum atomic E-state index is -0.750. The van der Waals surface area contributed by atoms with Crippen molar-refractivity contribution in [3.63, 3.8) is 0 Å². The van der Waals surface area contributed by atoms with Crippen LogP contribution in [0, 0.1) is 0 Å². The largest absolute Gasteiger partial charge is 0.480 e. The third-order valence-electron chi connectivity index (χ3n) is 3.83. The van der Waals surface area contributed by atoms with Gasteiger partial charge >= 0.3 is 5.97 Å².